The lowest BCUT2D eigenvalue weighted by molar-refractivity contribution is 0.0229. The number of carbonyl (C=O) groups excluding carboxylic acids is 1. The van der Waals surface area contributed by atoms with E-state index in [1.54, 1.807) is 13.3 Å². The summed E-state index contributed by atoms with van der Waals surface area (Å²) in [6.07, 6.45) is 5.00. The van der Waals surface area contributed by atoms with Gasteiger partial charge in [0.25, 0.3) is 0 Å². The Morgan fingerprint density at radius 1 is 1.29 bits per heavy atom. The zero-order chi connectivity index (χ0) is 19.3. The third-order valence-electron chi connectivity index (χ3n) is 5.62. The molecule has 2 aliphatic heterocycles. The van der Waals surface area contributed by atoms with Crippen molar-refractivity contribution >= 4 is 22.6 Å². The standard InChI is InChI=1S/C21H28N4O3/c1-27-18-13-16-5-4-7-22-20(16)19(14-18)23-21(26)25-8-3-2-6-17(25)15-24-9-11-28-12-10-24/h4-5,7,13-14,17H,2-3,6,8-12,15H2,1H3,(H,23,26). The van der Waals surface area contributed by atoms with Gasteiger partial charge in [-0.15, -0.1) is 0 Å². The van der Waals surface area contributed by atoms with Crippen molar-refractivity contribution in [2.75, 3.05) is 51.8 Å². The van der Waals surface area contributed by atoms with Crippen molar-refractivity contribution in [2.24, 2.45) is 0 Å². The summed E-state index contributed by atoms with van der Waals surface area (Å²) >= 11 is 0. The smallest absolute Gasteiger partial charge is 0.322 e. The van der Waals surface area contributed by atoms with Crippen molar-refractivity contribution in [1.82, 2.24) is 14.8 Å². The maximum atomic E-state index is 13.2. The summed E-state index contributed by atoms with van der Waals surface area (Å²) in [6, 6.07) is 7.81. The van der Waals surface area contributed by atoms with Gasteiger partial charge in [0.05, 0.1) is 31.5 Å². The van der Waals surface area contributed by atoms with Gasteiger partial charge < -0.3 is 19.7 Å². The summed E-state index contributed by atoms with van der Waals surface area (Å²) in [6.45, 7) is 5.14. The van der Waals surface area contributed by atoms with Gasteiger partial charge in [0.15, 0.2) is 0 Å². The number of benzene rings is 1. The van der Waals surface area contributed by atoms with Crippen LogP contribution in [0.15, 0.2) is 30.5 Å². The van der Waals surface area contributed by atoms with Gasteiger partial charge in [-0.3, -0.25) is 9.88 Å². The van der Waals surface area contributed by atoms with Crippen LogP contribution >= 0.6 is 0 Å². The van der Waals surface area contributed by atoms with Crippen molar-refractivity contribution in [3.63, 3.8) is 0 Å². The minimum atomic E-state index is -0.0573. The normalized spacial score (nSPS) is 20.9. The van der Waals surface area contributed by atoms with Crippen molar-refractivity contribution in [1.29, 1.82) is 0 Å². The zero-order valence-corrected chi connectivity index (χ0v) is 16.4. The molecule has 28 heavy (non-hydrogen) atoms. The molecule has 4 rings (SSSR count). The number of amides is 2. The first-order chi connectivity index (χ1) is 13.7. The molecule has 2 fully saturated rings. The SMILES string of the molecule is COc1cc(NC(=O)N2CCCCC2CN2CCOCC2)c2ncccc2c1. The van der Waals surface area contributed by atoms with Crippen LogP contribution in [0.5, 0.6) is 5.75 Å². The van der Waals surface area contributed by atoms with Crippen molar-refractivity contribution in [3.05, 3.63) is 30.5 Å². The fourth-order valence-electron chi connectivity index (χ4n) is 4.10. The lowest BCUT2D eigenvalue weighted by atomic mass is 10.0. The maximum absolute atomic E-state index is 13.2. The number of anilines is 1. The molecule has 7 nitrogen and oxygen atoms in total. The Labute approximate surface area is 165 Å². The largest absolute Gasteiger partial charge is 0.497 e. The predicted octanol–water partition coefficient (Wildman–Crippen LogP) is 2.96. The minimum absolute atomic E-state index is 0.0573. The van der Waals surface area contributed by atoms with Gasteiger partial charge in [0.2, 0.25) is 0 Å². The van der Waals surface area contributed by atoms with E-state index in [1.165, 1.54) is 6.42 Å². The maximum Gasteiger partial charge on any atom is 0.322 e. The van der Waals surface area contributed by atoms with Crippen LogP contribution in [0.4, 0.5) is 10.5 Å². The molecular formula is C21H28N4O3. The number of rotatable bonds is 4. The number of piperidine rings is 1. The number of nitrogens with one attached hydrogen (secondary N) is 1. The number of ether oxygens (including phenoxy) is 2. The Hall–Kier alpha value is -2.38. The summed E-state index contributed by atoms with van der Waals surface area (Å²) in [7, 11) is 1.63. The van der Waals surface area contributed by atoms with Crippen LogP contribution in [0.2, 0.25) is 0 Å². The van der Waals surface area contributed by atoms with Crippen LogP contribution in [0, 0.1) is 0 Å². The first-order valence-corrected chi connectivity index (χ1v) is 10.0. The third-order valence-corrected chi connectivity index (χ3v) is 5.62. The summed E-state index contributed by atoms with van der Waals surface area (Å²) in [4.78, 5) is 22.0. The summed E-state index contributed by atoms with van der Waals surface area (Å²) < 4.78 is 10.9. The summed E-state index contributed by atoms with van der Waals surface area (Å²) in [5, 5.41) is 4.04. The summed E-state index contributed by atoms with van der Waals surface area (Å²) in [5.74, 6) is 0.708. The molecule has 1 aromatic carbocycles. The number of methoxy groups -OCH3 is 1. The van der Waals surface area contributed by atoms with E-state index in [9.17, 15) is 4.79 Å². The average molecular weight is 384 g/mol. The molecule has 7 heteroatoms. The van der Waals surface area contributed by atoms with Gasteiger partial charge in [-0.2, -0.15) is 0 Å². The number of likely N-dealkylation sites (tertiary alicyclic amines) is 1. The van der Waals surface area contributed by atoms with Gasteiger partial charge in [0, 0.05) is 49.9 Å². The van der Waals surface area contributed by atoms with E-state index >= 15 is 0 Å². The molecule has 3 heterocycles. The first kappa shape index (κ1) is 19.0. The van der Waals surface area contributed by atoms with Crippen molar-refractivity contribution in [2.45, 2.75) is 25.3 Å². The number of hydrogen-bond acceptors (Lipinski definition) is 5. The highest BCUT2D eigenvalue weighted by Crippen LogP contribution is 2.28. The molecule has 2 amide bonds. The van der Waals surface area contributed by atoms with Crippen LogP contribution in [-0.4, -0.2) is 73.4 Å². The number of pyridine rings is 1. The lowest BCUT2D eigenvalue weighted by Gasteiger charge is -2.39. The molecule has 0 radical (unpaired) electrons. The number of fused-ring (bicyclic) bond motifs is 1. The van der Waals surface area contributed by atoms with Gasteiger partial charge in [0.1, 0.15) is 5.75 Å². The Morgan fingerprint density at radius 3 is 2.96 bits per heavy atom. The number of hydrogen-bond donors (Lipinski definition) is 1. The van der Waals surface area contributed by atoms with E-state index < -0.39 is 0 Å². The number of nitrogens with zero attached hydrogens (tertiary/aromatic N) is 3. The van der Waals surface area contributed by atoms with Crippen LogP contribution in [-0.2, 0) is 4.74 Å². The molecule has 150 valence electrons. The third kappa shape index (κ3) is 4.20. The highest BCUT2D eigenvalue weighted by atomic mass is 16.5. The van der Waals surface area contributed by atoms with Crippen LogP contribution < -0.4 is 10.1 Å². The summed E-state index contributed by atoms with van der Waals surface area (Å²) in [5.41, 5.74) is 1.47. The number of morpholine rings is 1. The quantitative estimate of drug-likeness (QED) is 0.878. The number of aromatic nitrogens is 1. The molecule has 0 aliphatic carbocycles. The van der Waals surface area contributed by atoms with Crippen molar-refractivity contribution in [3.8, 4) is 5.75 Å². The van der Waals surface area contributed by atoms with E-state index in [0.717, 1.165) is 63.1 Å². The molecule has 1 aromatic heterocycles. The van der Waals surface area contributed by atoms with E-state index in [-0.39, 0.29) is 12.1 Å². The molecular weight excluding hydrogens is 356 g/mol. The molecule has 1 N–H and O–H groups in total. The zero-order valence-electron chi connectivity index (χ0n) is 16.4. The second kappa shape index (κ2) is 8.75. The molecule has 0 spiro atoms. The topological polar surface area (TPSA) is 66.9 Å². The van der Waals surface area contributed by atoms with Gasteiger partial charge in [-0.05, 0) is 31.4 Å². The van der Waals surface area contributed by atoms with Crippen LogP contribution in [0.3, 0.4) is 0 Å². The van der Waals surface area contributed by atoms with E-state index in [1.807, 2.05) is 29.2 Å². The van der Waals surface area contributed by atoms with Crippen LogP contribution in [0.1, 0.15) is 19.3 Å². The molecule has 2 aromatic rings. The Morgan fingerprint density at radius 2 is 2.14 bits per heavy atom. The van der Waals surface area contributed by atoms with E-state index in [2.05, 4.69) is 15.2 Å². The fraction of sp³-hybridized carbons (Fsp3) is 0.524. The highest BCUT2D eigenvalue weighted by molar-refractivity contribution is 6.00. The molecule has 0 bridgehead atoms. The molecule has 2 aliphatic rings. The predicted molar refractivity (Wildman–Crippen MR) is 109 cm³/mol. The second-order valence-corrected chi connectivity index (χ2v) is 7.44. The molecule has 1 atom stereocenters. The number of carbonyl (C=O) groups is 1. The molecule has 1 unspecified atom stereocenters. The first-order valence-electron chi connectivity index (χ1n) is 10.0. The second-order valence-electron chi connectivity index (χ2n) is 7.44. The van der Waals surface area contributed by atoms with Crippen molar-refractivity contribution < 1.29 is 14.3 Å². The van der Waals surface area contributed by atoms with Gasteiger partial charge in [-0.1, -0.05) is 6.07 Å². The average Bonchev–Trinajstić information content (AvgIpc) is 2.74. The lowest BCUT2D eigenvalue weighted by Crippen LogP contribution is -2.52. The monoisotopic (exact) mass is 384 g/mol. The molecule has 0 saturated carbocycles. The minimum Gasteiger partial charge on any atom is -0.497 e. The molecule has 2 saturated heterocycles. The Kier molecular flexibility index (Phi) is 5.92. The van der Waals surface area contributed by atoms with E-state index in [4.69, 9.17) is 9.47 Å². The van der Waals surface area contributed by atoms with Gasteiger partial charge >= 0.3 is 6.03 Å². The highest BCUT2D eigenvalue weighted by Gasteiger charge is 2.29. The van der Waals surface area contributed by atoms with Crippen LogP contribution in [0.25, 0.3) is 10.9 Å². The Bertz CT molecular complexity index is 822. The Balaban J connectivity index is 1.52. The fourth-order valence-corrected chi connectivity index (χ4v) is 4.10. The number of urea groups is 1. The van der Waals surface area contributed by atoms with Gasteiger partial charge in [-0.25, -0.2) is 4.79 Å². The van der Waals surface area contributed by atoms with E-state index in [0.29, 0.717) is 11.4 Å².